The molecular formula is C19H22F3N3O2. The number of amides is 1. The fourth-order valence-corrected chi connectivity index (χ4v) is 2.34. The standard InChI is InChI=1S/C19H22F3N3O2/c1-25(2)12-4-11-23-18(26)14-5-3-6-16(13-14)24-15-7-9-17(10-8-15)27-19(20,21)22/h3,5-10,13,24H,4,11-12H2,1-2H3,(H,23,26). The number of anilines is 2. The van der Waals surface area contributed by atoms with Crippen molar-refractivity contribution >= 4 is 17.3 Å². The lowest BCUT2D eigenvalue weighted by molar-refractivity contribution is -0.274. The Morgan fingerprint density at radius 2 is 1.78 bits per heavy atom. The van der Waals surface area contributed by atoms with Crippen molar-refractivity contribution in [3.8, 4) is 5.75 Å². The number of hydrogen-bond acceptors (Lipinski definition) is 4. The summed E-state index contributed by atoms with van der Waals surface area (Å²) in [6, 6.07) is 12.3. The molecule has 2 rings (SSSR count). The molecule has 0 unspecified atom stereocenters. The second-order valence-corrected chi connectivity index (χ2v) is 6.19. The number of alkyl halides is 3. The van der Waals surface area contributed by atoms with Gasteiger partial charge in [-0.15, -0.1) is 13.2 Å². The fourth-order valence-electron chi connectivity index (χ4n) is 2.34. The lowest BCUT2D eigenvalue weighted by atomic mass is 10.1. The van der Waals surface area contributed by atoms with Crippen LogP contribution in [0.5, 0.6) is 5.75 Å². The molecule has 0 aliphatic carbocycles. The van der Waals surface area contributed by atoms with E-state index >= 15 is 0 Å². The van der Waals surface area contributed by atoms with Gasteiger partial charge in [-0.05, 0) is 69.5 Å². The van der Waals surface area contributed by atoms with Crippen LogP contribution in [0.3, 0.4) is 0 Å². The number of ether oxygens (including phenoxy) is 1. The van der Waals surface area contributed by atoms with E-state index < -0.39 is 6.36 Å². The summed E-state index contributed by atoms with van der Waals surface area (Å²) < 4.78 is 40.4. The van der Waals surface area contributed by atoms with Gasteiger partial charge in [0.1, 0.15) is 5.75 Å². The molecule has 0 radical (unpaired) electrons. The first-order chi connectivity index (χ1) is 12.7. The molecule has 2 N–H and O–H groups in total. The van der Waals surface area contributed by atoms with Crippen LogP contribution >= 0.6 is 0 Å². The lowest BCUT2D eigenvalue weighted by Crippen LogP contribution is -2.27. The molecule has 0 bridgehead atoms. The minimum Gasteiger partial charge on any atom is -0.406 e. The highest BCUT2D eigenvalue weighted by molar-refractivity contribution is 5.95. The van der Waals surface area contributed by atoms with E-state index in [4.69, 9.17) is 0 Å². The van der Waals surface area contributed by atoms with Crippen LogP contribution in [0.25, 0.3) is 0 Å². The molecule has 1 amide bonds. The highest BCUT2D eigenvalue weighted by Gasteiger charge is 2.30. The minimum atomic E-state index is -4.72. The average Bonchev–Trinajstić information content (AvgIpc) is 2.59. The number of nitrogens with zero attached hydrogens (tertiary/aromatic N) is 1. The molecular weight excluding hydrogens is 359 g/mol. The van der Waals surface area contributed by atoms with Gasteiger partial charge in [0.15, 0.2) is 0 Å². The summed E-state index contributed by atoms with van der Waals surface area (Å²) in [5.41, 5.74) is 1.73. The van der Waals surface area contributed by atoms with Crippen molar-refractivity contribution in [3.63, 3.8) is 0 Å². The third-order valence-corrected chi connectivity index (χ3v) is 3.57. The maximum atomic E-state index is 12.2. The van der Waals surface area contributed by atoms with Crippen LogP contribution in [0.2, 0.25) is 0 Å². The summed E-state index contributed by atoms with van der Waals surface area (Å²) >= 11 is 0. The van der Waals surface area contributed by atoms with Gasteiger partial charge in [-0.25, -0.2) is 0 Å². The molecule has 2 aromatic carbocycles. The Labute approximate surface area is 156 Å². The number of hydrogen-bond donors (Lipinski definition) is 2. The lowest BCUT2D eigenvalue weighted by Gasteiger charge is -2.12. The molecule has 0 fully saturated rings. The molecule has 0 atom stereocenters. The number of nitrogens with one attached hydrogen (secondary N) is 2. The smallest absolute Gasteiger partial charge is 0.406 e. The molecule has 0 heterocycles. The van der Waals surface area contributed by atoms with Gasteiger partial charge in [0.05, 0.1) is 0 Å². The van der Waals surface area contributed by atoms with Gasteiger partial charge in [0.2, 0.25) is 0 Å². The Morgan fingerprint density at radius 3 is 2.41 bits per heavy atom. The molecule has 0 aliphatic rings. The van der Waals surface area contributed by atoms with E-state index in [2.05, 4.69) is 15.4 Å². The minimum absolute atomic E-state index is 0.175. The Kier molecular flexibility index (Phi) is 7.06. The van der Waals surface area contributed by atoms with Gasteiger partial charge in [-0.2, -0.15) is 0 Å². The molecule has 2 aromatic rings. The third kappa shape index (κ3) is 7.57. The SMILES string of the molecule is CN(C)CCCNC(=O)c1cccc(Nc2ccc(OC(F)(F)F)cc2)c1. The summed E-state index contributed by atoms with van der Waals surface area (Å²) in [6.07, 6.45) is -3.87. The van der Waals surface area contributed by atoms with Crippen LogP contribution < -0.4 is 15.4 Å². The van der Waals surface area contributed by atoms with Gasteiger partial charge in [-0.1, -0.05) is 6.07 Å². The van der Waals surface area contributed by atoms with E-state index in [0.29, 0.717) is 23.5 Å². The van der Waals surface area contributed by atoms with E-state index in [-0.39, 0.29) is 11.7 Å². The Balaban J connectivity index is 1.94. The average molecular weight is 381 g/mol. The highest BCUT2D eigenvalue weighted by atomic mass is 19.4. The van der Waals surface area contributed by atoms with Crippen molar-refractivity contribution in [2.75, 3.05) is 32.5 Å². The highest BCUT2D eigenvalue weighted by Crippen LogP contribution is 2.25. The van der Waals surface area contributed by atoms with Crippen molar-refractivity contribution in [1.29, 1.82) is 0 Å². The monoisotopic (exact) mass is 381 g/mol. The maximum Gasteiger partial charge on any atom is 0.573 e. The predicted molar refractivity (Wildman–Crippen MR) is 98.4 cm³/mol. The Hall–Kier alpha value is -2.74. The zero-order chi connectivity index (χ0) is 19.9. The van der Waals surface area contributed by atoms with Gasteiger partial charge in [0, 0.05) is 23.5 Å². The van der Waals surface area contributed by atoms with Crippen molar-refractivity contribution in [2.24, 2.45) is 0 Å². The molecule has 27 heavy (non-hydrogen) atoms. The molecule has 0 saturated heterocycles. The Morgan fingerprint density at radius 1 is 1.07 bits per heavy atom. The van der Waals surface area contributed by atoms with E-state index in [1.807, 2.05) is 19.0 Å². The second kappa shape index (κ2) is 9.27. The molecule has 0 spiro atoms. The van der Waals surface area contributed by atoms with Crippen LogP contribution in [-0.4, -0.2) is 44.4 Å². The molecule has 0 aliphatic heterocycles. The van der Waals surface area contributed by atoms with E-state index in [1.165, 1.54) is 24.3 Å². The topological polar surface area (TPSA) is 53.6 Å². The van der Waals surface area contributed by atoms with Crippen LogP contribution in [0, 0.1) is 0 Å². The molecule has 146 valence electrons. The van der Waals surface area contributed by atoms with Gasteiger partial charge < -0.3 is 20.3 Å². The van der Waals surface area contributed by atoms with Crippen molar-refractivity contribution in [3.05, 3.63) is 54.1 Å². The third-order valence-electron chi connectivity index (χ3n) is 3.57. The zero-order valence-corrected chi connectivity index (χ0v) is 15.1. The zero-order valence-electron chi connectivity index (χ0n) is 15.1. The van der Waals surface area contributed by atoms with E-state index in [0.717, 1.165) is 13.0 Å². The van der Waals surface area contributed by atoms with Gasteiger partial charge in [0.25, 0.3) is 5.91 Å². The summed E-state index contributed by atoms with van der Waals surface area (Å²) in [7, 11) is 3.94. The maximum absolute atomic E-state index is 12.2. The summed E-state index contributed by atoms with van der Waals surface area (Å²) in [5, 5.41) is 5.91. The first-order valence-corrected chi connectivity index (χ1v) is 8.39. The molecule has 0 saturated carbocycles. The van der Waals surface area contributed by atoms with E-state index in [9.17, 15) is 18.0 Å². The first kappa shape index (κ1) is 20.6. The van der Waals surface area contributed by atoms with Crippen LogP contribution in [-0.2, 0) is 0 Å². The summed E-state index contributed by atoms with van der Waals surface area (Å²) in [6.45, 7) is 1.46. The van der Waals surface area contributed by atoms with Crippen LogP contribution in [0.15, 0.2) is 48.5 Å². The first-order valence-electron chi connectivity index (χ1n) is 8.39. The number of carbonyl (C=O) groups is 1. The number of halogens is 3. The van der Waals surface area contributed by atoms with Gasteiger partial charge >= 0.3 is 6.36 Å². The summed E-state index contributed by atoms with van der Waals surface area (Å²) in [4.78, 5) is 14.2. The number of benzene rings is 2. The molecule has 5 nitrogen and oxygen atoms in total. The van der Waals surface area contributed by atoms with E-state index in [1.54, 1.807) is 24.3 Å². The van der Waals surface area contributed by atoms with Gasteiger partial charge in [-0.3, -0.25) is 4.79 Å². The predicted octanol–water partition coefficient (Wildman–Crippen LogP) is 4.01. The number of carbonyl (C=O) groups excluding carboxylic acids is 1. The molecule has 0 aromatic heterocycles. The van der Waals surface area contributed by atoms with Crippen molar-refractivity contribution in [1.82, 2.24) is 10.2 Å². The van der Waals surface area contributed by atoms with Crippen LogP contribution in [0.4, 0.5) is 24.5 Å². The quantitative estimate of drug-likeness (QED) is 0.679. The molecule has 8 heteroatoms. The van der Waals surface area contributed by atoms with Crippen molar-refractivity contribution < 1.29 is 22.7 Å². The fraction of sp³-hybridized carbons (Fsp3) is 0.316. The van der Waals surface area contributed by atoms with Crippen molar-refractivity contribution in [2.45, 2.75) is 12.8 Å². The normalized spacial score (nSPS) is 11.3. The van der Waals surface area contributed by atoms with Crippen LogP contribution in [0.1, 0.15) is 16.8 Å². The summed E-state index contributed by atoms with van der Waals surface area (Å²) in [5.74, 6) is -0.467. The Bertz CT molecular complexity index is 747. The number of rotatable bonds is 8. The second-order valence-electron chi connectivity index (χ2n) is 6.19. The largest absolute Gasteiger partial charge is 0.573 e.